The molecule has 1 aromatic rings. The first-order chi connectivity index (χ1) is 8.88. The first-order valence-electron chi connectivity index (χ1n) is 6.86. The number of nitrogens with one attached hydrogen (secondary N) is 1. The third-order valence-corrected chi connectivity index (χ3v) is 5.18. The summed E-state index contributed by atoms with van der Waals surface area (Å²) in [6.45, 7) is 0. The van der Waals surface area contributed by atoms with Crippen molar-refractivity contribution in [1.29, 1.82) is 0 Å². The molecule has 2 aliphatic rings. The molecular weight excluding hydrogens is 244 g/mol. The molecule has 1 aliphatic carbocycles. The predicted molar refractivity (Wildman–Crippen MR) is 75.5 cm³/mol. The van der Waals surface area contributed by atoms with Crippen molar-refractivity contribution >= 4 is 17.6 Å². The lowest BCUT2D eigenvalue weighted by atomic mass is 10.1. The second-order valence-corrected chi connectivity index (χ2v) is 6.37. The minimum absolute atomic E-state index is 0.477. The van der Waals surface area contributed by atoms with E-state index in [9.17, 15) is 0 Å². The Labute approximate surface area is 112 Å². The minimum Gasteiger partial charge on any atom is -0.308 e. The topological polar surface area (TPSA) is 63.8 Å². The predicted octanol–water partition coefficient (Wildman–Crippen LogP) is 2.60. The lowest BCUT2D eigenvalue weighted by Gasteiger charge is -2.15. The molecule has 5 heteroatoms. The van der Waals surface area contributed by atoms with Gasteiger partial charge in [-0.15, -0.1) is 0 Å². The molecule has 3 rings (SSSR count). The monoisotopic (exact) mass is 264 g/mol. The van der Waals surface area contributed by atoms with Gasteiger partial charge in [-0.05, 0) is 44.3 Å². The van der Waals surface area contributed by atoms with Crippen LogP contribution in [0.25, 0.3) is 0 Å². The van der Waals surface area contributed by atoms with Crippen LogP contribution in [0, 0.1) is 0 Å². The molecule has 18 heavy (non-hydrogen) atoms. The molecule has 1 aromatic heterocycles. The Hall–Kier alpha value is -0.810. The van der Waals surface area contributed by atoms with Gasteiger partial charge in [0.25, 0.3) is 0 Å². The third-order valence-electron chi connectivity index (χ3n) is 3.80. The van der Waals surface area contributed by atoms with E-state index in [0.29, 0.717) is 5.25 Å². The molecule has 0 amide bonds. The zero-order valence-electron chi connectivity index (χ0n) is 10.6. The van der Waals surface area contributed by atoms with Crippen LogP contribution in [0.4, 0.5) is 5.82 Å². The normalized spacial score (nSPS) is 23.5. The molecule has 4 nitrogen and oxygen atoms in total. The van der Waals surface area contributed by atoms with E-state index in [-0.39, 0.29) is 0 Å². The van der Waals surface area contributed by atoms with E-state index in [4.69, 9.17) is 10.8 Å². The highest BCUT2D eigenvalue weighted by molar-refractivity contribution is 7.99. The second-order valence-electron chi connectivity index (χ2n) is 5.06. The van der Waals surface area contributed by atoms with Crippen molar-refractivity contribution in [2.75, 3.05) is 11.2 Å². The van der Waals surface area contributed by atoms with Gasteiger partial charge in [-0.3, -0.25) is 0 Å². The average Bonchev–Trinajstić information content (AvgIpc) is 2.83. The maximum absolute atomic E-state index is 5.65. The number of hydrogen-bond donors (Lipinski definition) is 2. The number of fused-ring (bicyclic) bond motifs is 1. The van der Waals surface area contributed by atoms with Gasteiger partial charge in [0, 0.05) is 11.3 Å². The maximum atomic E-state index is 5.65. The highest BCUT2D eigenvalue weighted by Crippen LogP contribution is 2.39. The standard InChI is InChI=1S/C13H20N4S/c14-17-12-9-5-2-1-3-6-10(9)15-13(16-12)11-7-4-8-18-11/h11H,1-8,14H2,(H,15,16,17). The van der Waals surface area contributed by atoms with Gasteiger partial charge in [0.15, 0.2) is 0 Å². The number of aromatic nitrogens is 2. The van der Waals surface area contributed by atoms with Crippen LogP contribution in [0.5, 0.6) is 0 Å². The number of hydrazine groups is 1. The third kappa shape index (κ3) is 2.34. The van der Waals surface area contributed by atoms with E-state index in [1.54, 1.807) is 0 Å². The van der Waals surface area contributed by atoms with Gasteiger partial charge < -0.3 is 5.43 Å². The first kappa shape index (κ1) is 12.2. The fraction of sp³-hybridized carbons (Fsp3) is 0.692. The van der Waals surface area contributed by atoms with Crippen molar-refractivity contribution in [3.63, 3.8) is 0 Å². The van der Waals surface area contributed by atoms with Crippen LogP contribution in [0.3, 0.4) is 0 Å². The average molecular weight is 264 g/mol. The molecule has 1 fully saturated rings. The van der Waals surface area contributed by atoms with E-state index in [1.165, 1.54) is 49.1 Å². The Morgan fingerprint density at radius 3 is 2.78 bits per heavy atom. The number of anilines is 1. The number of nitrogens with two attached hydrogens (primary N) is 1. The van der Waals surface area contributed by atoms with Gasteiger partial charge in [-0.25, -0.2) is 15.8 Å². The zero-order chi connectivity index (χ0) is 12.4. The van der Waals surface area contributed by atoms with E-state index in [1.807, 2.05) is 11.8 Å². The number of nitrogen functional groups attached to an aromatic ring is 1. The Morgan fingerprint density at radius 2 is 2.00 bits per heavy atom. The van der Waals surface area contributed by atoms with Gasteiger partial charge in [-0.2, -0.15) is 11.8 Å². The van der Waals surface area contributed by atoms with Crippen molar-refractivity contribution in [2.24, 2.45) is 5.84 Å². The SMILES string of the molecule is NNc1nc(C2CCCS2)nc2c1CCCCC2. The van der Waals surface area contributed by atoms with Crippen molar-refractivity contribution in [1.82, 2.24) is 9.97 Å². The number of thioether (sulfide) groups is 1. The van der Waals surface area contributed by atoms with Crippen molar-refractivity contribution in [2.45, 2.75) is 50.2 Å². The van der Waals surface area contributed by atoms with Gasteiger partial charge in [-0.1, -0.05) is 6.42 Å². The lowest BCUT2D eigenvalue weighted by molar-refractivity contribution is 0.706. The highest BCUT2D eigenvalue weighted by atomic mass is 32.2. The summed E-state index contributed by atoms with van der Waals surface area (Å²) in [5.74, 6) is 8.73. The molecule has 0 spiro atoms. The first-order valence-corrected chi connectivity index (χ1v) is 7.91. The Morgan fingerprint density at radius 1 is 1.11 bits per heavy atom. The Balaban J connectivity index is 1.98. The molecule has 0 radical (unpaired) electrons. The molecule has 98 valence electrons. The van der Waals surface area contributed by atoms with Crippen LogP contribution in [0.2, 0.25) is 0 Å². The summed E-state index contributed by atoms with van der Waals surface area (Å²) >= 11 is 1.98. The van der Waals surface area contributed by atoms with E-state index >= 15 is 0 Å². The molecule has 1 aliphatic heterocycles. The minimum atomic E-state index is 0.477. The lowest BCUT2D eigenvalue weighted by Crippen LogP contribution is -2.16. The highest BCUT2D eigenvalue weighted by Gasteiger charge is 2.24. The second kappa shape index (κ2) is 5.45. The molecule has 2 heterocycles. The van der Waals surface area contributed by atoms with E-state index in [2.05, 4.69) is 10.4 Å². The molecule has 1 unspecified atom stereocenters. The summed E-state index contributed by atoms with van der Waals surface area (Å²) in [5, 5.41) is 0.477. The van der Waals surface area contributed by atoms with Gasteiger partial charge in [0.05, 0.1) is 5.25 Å². The molecule has 1 atom stereocenters. The number of hydrogen-bond acceptors (Lipinski definition) is 5. The Kier molecular flexibility index (Phi) is 3.70. The summed E-state index contributed by atoms with van der Waals surface area (Å²) < 4.78 is 0. The van der Waals surface area contributed by atoms with Crippen LogP contribution < -0.4 is 11.3 Å². The molecular formula is C13H20N4S. The number of aryl methyl sites for hydroxylation is 1. The summed E-state index contributed by atoms with van der Waals surface area (Å²) in [6.07, 6.45) is 8.38. The number of nitrogens with zero attached hydrogens (tertiary/aromatic N) is 2. The van der Waals surface area contributed by atoms with Crippen LogP contribution in [-0.2, 0) is 12.8 Å². The summed E-state index contributed by atoms with van der Waals surface area (Å²) in [4.78, 5) is 9.50. The van der Waals surface area contributed by atoms with Crippen LogP contribution >= 0.6 is 11.8 Å². The number of rotatable bonds is 2. The quantitative estimate of drug-likeness (QED) is 0.488. The molecule has 3 N–H and O–H groups in total. The van der Waals surface area contributed by atoms with Crippen molar-refractivity contribution in [3.05, 3.63) is 17.1 Å². The largest absolute Gasteiger partial charge is 0.308 e. The van der Waals surface area contributed by atoms with Crippen LogP contribution in [0.1, 0.15) is 54.4 Å². The summed E-state index contributed by atoms with van der Waals surface area (Å²) in [7, 11) is 0. The van der Waals surface area contributed by atoms with E-state index in [0.717, 1.165) is 24.5 Å². The summed E-state index contributed by atoms with van der Waals surface area (Å²) in [6, 6.07) is 0. The van der Waals surface area contributed by atoms with Crippen LogP contribution in [0.15, 0.2) is 0 Å². The molecule has 0 bridgehead atoms. The molecule has 0 saturated carbocycles. The molecule has 0 aromatic carbocycles. The van der Waals surface area contributed by atoms with Crippen molar-refractivity contribution in [3.8, 4) is 0 Å². The fourth-order valence-electron chi connectivity index (χ4n) is 2.83. The fourth-order valence-corrected chi connectivity index (χ4v) is 4.04. The van der Waals surface area contributed by atoms with Gasteiger partial charge in [0.1, 0.15) is 11.6 Å². The van der Waals surface area contributed by atoms with E-state index < -0.39 is 0 Å². The molecule has 1 saturated heterocycles. The summed E-state index contributed by atoms with van der Waals surface area (Å²) in [5.41, 5.74) is 5.27. The zero-order valence-corrected chi connectivity index (χ0v) is 11.4. The van der Waals surface area contributed by atoms with Gasteiger partial charge in [0.2, 0.25) is 0 Å². The smallest absolute Gasteiger partial charge is 0.147 e. The maximum Gasteiger partial charge on any atom is 0.147 e. The van der Waals surface area contributed by atoms with Gasteiger partial charge >= 0.3 is 0 Å². The van der Waals surface area contributed by atoms with Crippen LogP contribution in [-0.4, -0.2) is 15.7 Å². The Bertz CT molecular complexity index is 429. The van der Waals surface area contributed by atoms with Crippen molar-refractivity contribution < 1.29 is 0 Å².